The van der Waals surface area contributed by atoms with Crippen molar-refractivity contribution in [1.82, 2.24) is 9.97 Å². The fourth-order valence-electron chi connectivity index (χ4n) is 6.14. The van der Waals surface area contributed by atoms with Crippen LogP contribution in [0.15, 0.2) is 41.2 Å². The topological polar surface area (TPSA) is 76.0 Å². The number of H-pyrrole nitrogens is 1. The summed E-state index contributed by atoms with van der Waals surface area (Å²) in [7, 11) is 0. The highest BCUT2D eigenvalue weighted by Gasteiger charge is 2.48. The Morgan fingerprint density at radius 2 is 1.76 bits per heavy atom. The molecule has 0 aliphatic heterocycles. The largest absolute Gasteiger partial charge is 0.451 e. The number of carbonyl (C=O) groups is 2. The molecule has 0 spiro atoms. The van der Waals surface area contributed by atoms with Gasteiger partial charge >= 0.3 is 0 Å². The average Bonchev–Trinajstić information content (AvgIpc) is 3.52. The van der Waals surface area contributed by atoms with Crippen LogP contribution in [0.5, 0.6) is 0 Å². The van der Waals surface area contributed by atoms with Crippen molar-refractivity contribution >= 4 is 22.7 Å². The van der Waals surface area contributed by atoms with Gasteiger partial charge in [0.15, 0.2) is 11.3 Å². The van der Waals surface area contributed by atoms with Crippen molar-refractivity contribution in [1.29, 1.82) is 0 Å². The Kier molecular flexibility index (Phi) is 7.80. The fraction of sp³-hybridized carbons (Fsp3) is 0.606. The van der Waals surface area contributed by atoms with Crippen molar-refractivity contribution < 1.29 is 15.4 Å². The van der Waals surface area contributed by atoms with Crippen LogP contribution in [0, 0.1) is 22.7 Å². The van der Waals surface area contributed by atoms with Crippen molar-refractivity contribution in [2.75, 3.05) is 0 Å². The lowest BCUT2D eigenvalue weighted by atomic mass is 9.61. The van der Waals surface area contributed by atoms with Crippen LogP contribution in [-0.4, -0.2) is 21.5 Å². The number of furan rings is 1. The Morgan fingerprint density at radius 1 is 1.08 bits per heavy atom. The normalized spacial score (nSPS) is 23.6. The maximum Gasteiger partial charge on any atom is 0.202 e. The van der Waals surface area contributed by atoms with Crippen LogP contribution in [0.4, 0.5) is 0 Å². The summed E-state index contributed by atoms with van der Waals surface area (Å²) in [6.07, 6.45) is 12.6. The molecule has 5 heteroatoms. The quantitative estimate of drug-likeness (QED) is 0.350. The van der Waals surface area contributed by atoms with E-state index in [1.165, 1.54) is 25.7 Å². The van der Waals surface area contributed by atoms with Crippen molar-refractivity contribution in [3.05, 3.63) is 53.7 Å². The van der Waals surface area contributed by atoms with Gasteiger partial charge in [-0.3, -0.25) is 14.6 Å². The Labute approximate surface area is 229 Å². The van der Waals surface area contributed by atoms with E-state index in [0.717, 1.165) is 17.0 Å². The molecule has 2 atom stereocenters. The van der Waals surface area contributed by atoms with Crippen LogP contribution in [0.25, 0.3) is 11.1 Å². The second-order valence-electron chi connectivity index (χ2n) is 14.1. The second-order valence-corrected chi connectivity index (χ2v) is 14.1. The lowest BCUT2D eigenvalue weighted by Crippen LogP contribution is -2.44. The smallest absolute Gasteiger partial charge is 0.202 e. The molecule has 208 valence electrons. The summed E-state index contributed by atoms with van der Waals surface area (Å²) >= 11 is 0. The van der Waals surface area contributed by atoms with Gasteiger partial charge in [0.1, 0.15) is 11.3 Å². The molecule has 2 fully saturated rings. The molecule has 0 aromatic carbocycles. The van der Waals surface area contributed by atoms with E-state index in [9.17, 15) is 9.59 Å². The van der Waals surface area contributed by atoms with Crippen LogP contribution in [0.1, 0.15) is 123 Å². The zero-order valence-electron chi connectivity index (χ0n) is 24.6. The maximum atomic E-state index is 13.4. The third kappa shape index (κ3) is 5.82. The zero-order valence-corrected chi connectivity index (χ0v) is 24.6. The molecule has 0 saturated heterocycles. The predicted molar refractivity (Wildman–Crippen MR) is 156 cm³/mol. The summed E-state index contributed by atoms with van der Waals surface area (Å²) in [5, 5.41) is 0. The van der Waals surface area contributed by atoms with E-state index in [2.05, 4.69) is 51.5 Å². The van der Waals surface area contributed by atoms with Gasteiger partial charge in [-0.25, -0.2) is 0 Å². The number of carbonyl (C=O) groups excluding carboxylic acids is 2. The molecule has 5 nitrogen and oxygen atoms in total. The number of aromatic nitrogens is 2. The van der Waals surface area contributed by atoms with Gasteiger partial charge in [-0.05, 0) is 60.1 Å². The molecular weight excluding hydrogens is 472 g/mol. The molecule has 1 N–H and O–H groups in total. The first-order valence-electron chi connectivity index (χ1n) is 14.3. The molecule has 38 heavy (non-hydrogen) atoms. The van der Waals surface area contributed by atoms with Crippen molar-refractivity contribution in [3.8, 4) is 0 Å². The summed E-state index contributed by atoms with van der Waals surface area (Å²) in [6, 6.07) is 5.61. The minimum atomic E-state index is -0.753. The van der Waals surface area contributed by atoms with Gasteiger partial charge in [-0.2, -0.15) is 0 Å². The van der Waals surface area contributed by atoms with Gasteiger partial charge in [0.25, 0.3) is 0 Å². The van der Waals surface area contributed by atoms with Crippen molar-refractivity contribution in [2.24, 2.45) is 22.7 Å². The third-order valence-electron chi connectivity index (χ3n) is 9.00. The number of nitrogens with zero attached hydrogens (tertiary/aromatic N) is 1. The Balaban J connectivity index is 0.000000359. The lowest BCUT2D eigenvalue weighted by Gasteiger charge is -2.39. The maximum absolute atomic E-state index is 13.4. The molecule has 2 unspecified atom stereocenters. The van der Waals surface area contributed by atoms with Gasteiger partial charge in [0, 0.05) is 48.9 Å². The van der Waals surface area contributed by atoms with Crippen LogP contribution >= 0.6 is 0 Å². The van der Waals surface area contributed by atoms with Crippen LogP contribution in [0.2, 0.25) is 0 Å². The number of hydrogen-bond donors (Lipinski definition) is 1. The monoisotopic (exact) mass is 520 g/mol. The van der Waals surface area contributed by atoms with E-state index in [-0.39, 0.29) is 24.3 Å². The van der Waals surface area contributed by atoms with Gasteiger partial charge < -0.3 is 9.40 Å². The van der Waals surface area contributed by atoms with Crippen LogP contribution in [0.3, 0.4) is 0 Å². The van der Waals surface area contributed by atoms with Gasteiger partial charge in [0.2, 0.25) is 5.78 Å². The van der Waals surface area contributed by atoms with Crippen molar-refractivity contribution in [2.45, 2.75) is 105 Å². The standard InChI is InChI=1S/C24H28N2O3.C9H18.H2/c1-23(2,3)17-9-11-26-18-12-19(29-21(17)18)20(27)16-7-6-15(14-8-10-25-13-14)22(28)24(16,4)5;1-8-4-6-9(2,3)7-5-8;/h8-13,15-16,25H,6-7H2,1-5H3;8H,4-7H2,1-3H3;1H. The molecule has 2 aliphatic rings. The highest BCUT2D eigenvalue weighted by Crippen LogP contribution is 2.46. The first kappa shape index (κ1) is 28.3. The molecule has 2 saturated carbocycles. The van der Waals surface area contributed by atoms with E-state index in [1.54, 1.807) is 12.3 Å². The summed E-state index contributed by atoms with van der Waals surface area (Å²) in [4.78, 5) is 34.1. The SMILES string of the molecule is CC(C)(C)c1ccnc2cc(C(=O)C3CCC(c4cc[nH]c4)C(=O)C3(C)C)oc12.CC1CCC(C)(C)CC1.[HH]. The molecule has 0 amide bonds. The Bertz CT molecular complexity index is 1270. The number of hydrogen-bond acceptors (Lipinski definition) is 4. The molecule has 2 aliphatic carbocycles. The lowest BCUT2D eigenvalue weighted by molar-refractivity contribution is -0.133. The van der Waals surface area contributed by atoms with E-state index < -0.39 is 11.3 Å². The molecular formula is C33H48N2O3. The molecule has 3 aromatic heterocycles. The minimum absolute atomic E-state index is 0. The second kappa shape index (κ2) is 10.5. The first-order chi connectivity index (χ1) is 17.7. The number of Topliss-reactive ketones (excluding diaryl/α,β-unsaturated/α-hetero) is 2. The first-order valence-corrected chi connectivity index (χ1v) is 14.3. The van der Waals surface area contributed by atoms with Gasteiger partial charge in [0.05, 0.1) is 0 Å². The summed E-state index contributed by atoms with van der Waals surface area (Å²) < 4.78 is 6.04. The number of fused-ring (bicyclic) bond motifs is 1. The zero-order chi connectivity index (χ0) is 27.9. The Hall–Kier alpha value is -2.69. The van der Waals surface area contributed by atoms with E-state index in [1.807, 2.05) is 38.4 Å². The minimum Gasteiger partial charge on any atom is -0.451 e. The highest BCUT2D eigenvalue weighted by molar-refractivity contribution is 6.04. The Morgan fingerprint density at radius 3 is 2.34 bits per heavy atom. The highest BCUT2D eigenvalue weighted by atomic mass is 16.3. The van der Waals surface area contributed by atoms with Crippen molar-refractivity contribution in [3.63, 3.8) is 0 Å². The van der Waals surface area contributed by atoms with Crippen LogP contribution < -0.4 is 0 Å². The molecule has 0 bridgehead atoms. The van der Waals surface area contributed by atoms with Crippen LogP contribution in [-0.2, 0) is 10.2 Å². The van der Waals surface area contributed by atoms with E-state index >= 15 is 0 Å². The molecule has 5 rings (SSSR count). The number of rotatable bonds is 3. The molecule has 3 aromatic rings. The van der Waals surface area contributed by atoms with Gasteiger partial charge in [-0.15, -0.1) is 0 Å². The number of ketones is 2. The molecule has 0 radical (unpaired) electrons. The number of nitrogens with one attached hydrogen (secondary N) is 1. The summed E-state index contributed by atoms with van der Waals surface area (Å²) in [5.41, 5.74) is 3.15. The average molecular weight is 521 g/mol. The van der Waals surface area contributed by atoms with E-state index in [4.69, 9.17) is 4.42 Å². The van der Waals surface area contributed by atoms with E-state index in [0.29, 0.717) is 35.1 Å². The summed E-state index contributed by atoms with van der Waals surface area (Å²) in [5.74, 6) is 0.752. The van der Waals surface area contributed by atoms with Gasteiger partial charge in [-0.1, -0.05) is 68.2 Å². The third-order valence-corrected chi connectivity index (χ3v) is 9.00. The number of pyridine rings is 1. The summed E-state index contributed by atoms with van der Waals surface area (Å²) in [6.45, 7) is 17.2. The fourth-order valence-corrected chi connectivity index (χ4v) is 6.14. The number of aromatic amines is 1. The predicted octanol–water partition coefficient (Wildman–Crippen LogP) is 8.89. The molecule has 3 heterocycles.